The summed E-state index contributed by atoms with van der Waals surface area (Å²) < 4.78 is 25.8. The lowest BCUT2D eigenvalue weighted by molar-refractivity contribution is -0.0373. The first-order valence-corrected chi connectivity index (χ1v) is 5.68. The summed E-state index contributed by atoms with van der Waals surface area (Å²) in [5.41, 5.74) is 1.88. The molecule has 0 saturated carbocycles. The second-order valence-corrected chi connectivity index (χ2v) is 4.22. The van der Waals surface area contributed by atoms with Crippen LogP contribution in [0.15, 0.2) is 6.33 Å². The van der Waals surface area contributed by atoms with Gasteiger partial charge in [-0.25, -0.2) is 18.7 Å². The second-order valence-electron chi connectivity index (χ2n) is 4.22. The molecule has 1 aliphatic rings. The predicted molar refractivity (Wildman–Crippen MR) is 59.2 cm³/mol. The molecule has 6 heteroatoms. The van der Waals surface area contributed by atoms with Crippen molar-refractivity contribution in [3.05, 3.63) is 17.6 Å². The van der Waals surface area contributed by atoms with Crippen LogP contribution in [0.1, 0.15) is 24.1 Å². The van der Waals surface area contributed by atoms with Gasteiger partial charge >= 0.3 is 0 Å². The van der Waals surface area contributed by atoms with Crippen LogP contribution in [0.4, 0.5) is 14.6 Å². The van der Waals surface area contributed by atoms with Gasteiger partial charge in [0, 0.05) is 11.3 Å². The number of aromatic nitrogens is 2. The minimum absolute atomic E-state index is 0.475. The Morgan fingerprint density at radius 2 is 2.06 bits per heavy atom. The summed E-state index contributed by atoms with van der Waals surface area (Å²) in [6, 6.07) is 0. The lowest BCUT2D eigenvalue weighted by Gasteiger charge is -2.20. The Balaban J connectivity index is 2.11. The number of aliphatic hydroxyl groups excluding tert-OH is 1. The third-order valence-electron chi connectivity index (χ3n) is 2.87. The van der Waals surface area contributed by atoms with E-state index in [1.807, 2.05) is 0 Å². The van der Waals surface area contributed by atoms with Crippen molar-refractivity contribution >= 4 is 5.82 Å². The molecule has 0 spiro atoms. The zero-order chi connectivity index (χ0) is 12.3. The molecule has 94 valence electrons. The fraction of sp³-hybridized carbons (Fsp3) is 0.636. The highest BCUT2D eigenvalue weighted by molar-refractivity contribution is 5.47. The molecule has 0 aliphatic heterocycles. The fourth-order valence-electron chi connectivity index (χ4n) is 1.94. The van der Waals surface area contributed by atoms with Crippen LogP contribution in [0.5, 0.6) is 0 Å². The number of fused-ring (bicyclic) bond motifs is 1. The minimum Gasteiger partial charge on any atom is -0.390 e. The van der Waals surface area contributed by atoms with E-state index in [2.05, 4.69) is 15.3 Å². The molecule has 0 aromatic carbocycles. The van der Waals surface area contributed by atoms with Crippen LogP contribution in [0, 0.1) is 0 Å². The van der Waals surface area contributed by atoms with Gasteiger partial charge < -0.3 is 10.4 Å². The molecule has 0 atom stereocenters. The van der Waals surface area contributed by atoms with E-state index in [4.69, 9.17) is 5.11 Å². The summed E-state index contributed by atoms with van der Waals surface area (Å²) in [6.45, 7) is -1.76. The van der Waals surface area contributed by atoms with Crippen LogP contribution in [0.25, 0.3) is 0 Å². The summed E-state index contributed by atoms with van der Waals surface area (Å²) in [6.07, 6.45) is 5.21. The van der Waals surface area contributed by atoms with Crippen molar-refractivity contribution in [3.8, 4) is 0 Å². The van der Waals surface area contributed by atoms with Gasteiger partial charge in [-0.2, -0.15) is 0 Å². The number of nitrogens with one attached hydrogen (secondary N) is 1. The summed E-state index contributed by atoms with van der Waals surface area (Å²) in [7, 11) is 0. The molecule has 2 N–H and O–H groups in total. The third kappa shape index (κ3) is 2.88. The van der Waals surface area contributed by atoms with Gasteiger partial charge in [-0.15, -0.1) is 0 Å². The number of hydrogen-bond donors (Lipinski definition) is 2. The molecular formula is C11H15F2N3O. The Hall–Kier alpha value is -1.30. The highest BCUT2D eigenvalue weighted by Crippen LogP contribution is 2.25. The third-order valence-corrected chi connectivity index (χ3v) is 2.87. The van der Waals surface area contributed by atoms with E-state index in [1.165, 1.54) is 6.33 Å². The van der Waals surface area contributed by atoms with Crippen molar-refractivity contribution in [2.75, 3.05) is 18.5 Å². The van der Waals surface area contributed by atoms with Crippen molar-refractivity contribution in [3.63, 3.8) is 0 Å². The Bertz CT molecular complexity index is 398. The molecule has 0 bridgehead atoms. The number of aryl methyl sites for hydroxylation is 1. The average molecular weight is 243 g/mol. The Morgan fingerprint density at radius 3 is 2.82 bits per heavy atom. The van der Waals surface area contributed by atoms with Crippen molar-refractivity contribution in [1.82, 2.24) is 9.97 Å². The number of nitrogens with zero attached hydrogens (tertiary/aromatic N) is 2. The maximum absolute atomic E-state index is 12.9. The quantitative estimate of drug-likeness (QED) is 0.839. The Morgan fingerprint density at radius 1 is 1.29 bits per heavy atom. The van der Waals surface area contributed by atoms with Crippen molar-refractivity contribution < 1.29 is 13.9 Å². The highest BCUT2D eigenvalue weighted by Gasteiger charge is 2.28. The summed E-state index contributed by atoms with van der Waals surface area (Å²) in [4.78, 5) is 8.15. The molecule has 0 unspecified atom stereocenters. The highest BCUT2D eigenvalue weighted by atomic mass is 19.3. The number of anilines is 1. The molecule has 2 rings (SSSR count). The van der Waals surface area contributed by atoms with E-state index in [0.29, 0.717) is 5.82 Å². The van der Waals surface area contributed by atoms with Gasteiger partial charge in [-0.1, -0.05) is 0 Å². The van der Waals surface area contributed by atoms with Crippen LogP contribution < -0.4 is 5.32 Å². The second kappa shape index (κ2) is 4.91. The van der Waals surface area contributed by atoms with Crippen molar-refractivity contribution in [2.24, 2.45) is 0 Å². The van der Waals surface area contributed by atoms with Crippen LogP contribution in [0.2, 0.25) is 0 Å². The lowest BCUT2D eigenvalue weighted by Crippen LogP contribution is -2.31. The van der Waals surface area contributed by atoms with Gasteiger partial charge in [-0.05, 0) is 25.7 Å². The molecule has 0 saturated heterocycles. The molecule has 0 radical (unpaired) electrons. The van der Waals surface area contributed by atoms with Gasteiger partial charge in [0.15, 0.2) is 0 Å². The first-order valence-electron chi connectivity index (χ1n) is 5.68. The first-order chi connectivity index (χ1) is 8.12. The van der Waals surface area contributed by atoms with E-state index in [-0.39, 0.29) is 0 Å². The molecule has 4 nitrogen and oxygen atoms in total. The number of halogens is 2. The molecule has 1 aromatic rings. The number of rotatable bonds is 4. The summed E-state index contributed by atoms with van der Waals surface area (Å²) in [5.74, 6) is -2.64. The average Bonchev–Trinajstić information content (AvgIpc) is 2.36. The molecule has 1 aromatic heterocycles. The van der Waals surface area contributed by atoms with Crippen LogP contribution >= 0.6 is 0 Å². The maximum Gasteiger partial charge on any atom is 0.287 e. The minimum atomic E-state index is -3.12. The zero-order valence-electron chi connectivity index (χ0n) is 9.42. The van der Waals surface area contributed by atoms with E-state index < -0.39 is 19.1 Å². The molecular weight excluding hydrogens is 228 g/mol. The van der Waals surface area contributed by atoms with E-state index in [1.54, 1.807) is 0 Å². The zero-order valence-corrected chi connectivity index (χ0v) is 9.42. The monoisotopic (exact) mass is 243 g/mol. The Kier molecular flexibility index (Phi) is 3.51. The van der Waals surface area contributed by atoms with E-state index in [9.17, 15) is 8.78 Å². The number of aliphatic hydroxyl groups is 1. The standard InChI is InChI=1S/C11H15F2N3O/c12-11(13,6-17)5-14-10-8-3-1-2-4-9(8)15-7-16-10/h7,17H,1-6H2,(H,14,15,16). The first kappa shape index (κ1) is 12.2. The topological polar surface area (TPSA) is 58.0 Å². The van der Waals surface area contributed by atoms with Crippen LogP contribution in [-0.4, -0.2) is 34.1 Å². The van der Waals surface area contributed by atoms with Gasteiger partial charge in [0.2, 0.25) is 0 Å². The van der Waals surface area contributed by atoms with E-state index in [0.717, 1.165) is 36.9 Å². The van der Waals surface area contributed by atoms with E-state index >= 15 is 0 Å². The Labute approximate surface area is 98.1 Å². The SMILES string of the molecule is OCC(F)(F)CNc1ncnc2c1CCCC2. The van der Waals surface area contributed by atoms with Gasteiger partial charge in [-0.3, -0.25) is 0 Å². The van der Waals surface area contributed by atoms with Gasteiger partial charge in [0.25, 0.3) is 5.92 Å². The number of hydrogen-bond acceptors (Lipinski definition) is 4. The lowest BCUT2D eigenvalue weighted by atomic mass is 9.96. The molecule has 1 heterocycles. The van der Waals surface area contributed by atoms with Crippen LogP contribution in [0.3, 0.4) is 0 Å². The predicted octanol–water partition coefficient (Wildman–Crippen LogP) is 1.39. The maximum atomic E-state index is 12.9. The van der Waals surface area contributed by atoms with Crippen molar-refractivity contribution in [2.45, 2.75) is 31.6 Å². The smallest absolute Gasteiger partial charge is 0.287 e. The largest absolute Gasteiger partial charge is 0.390 e. The summed E-state index contributed by atoms with van der Waals surface area (Å²) >= 11 is 0. The molecule has 0 amide bonds. The summed E-state index contributed by atoms with van der Waals surface area (Å²) in [5, 5.41) is 11.1. The molecule has 0 fully saturated rings. The number of alkyl halides is 2. The fourth-order valence-corrected chi connectivity index (χ4v) is 1.94. The van der Waals surface area contributed by atoms with Crippen molar-refractivity contribution in [1.29, 1.82) is 0 Å². The van der Waals surface area contributed by atoms with Crippen LogP contribution in [-0.2, 0) is 12.8 Å². The normalized spacial score (nSPS) is 15.5. The molecule has 1 aliphatic carbocycles. The molecule has 17 heavy (non-hydrogen) atoms. The van der Waals surface area contributed by atoms with Gasteiger partial charge in [0.05, 0.1) is 6.54 Å². The van der Waals surface area contributed by atoms with Gasteiger partial charge in [0.1, 0.15) is 18.8 Å².